The fraction of sp³-hybridized carbons (Fsp3) is 0.588. The van der Waals surface area contributed by atoms with Crippen LogP contribution >= 0.6 is 0 Å². The molecule has 1 heterocycles. The van der Waals surface area contributed by atoms with Crippen LogP contribution in [-0.2, 0) is 9.53 Å². The summed E-state index contributed by atoms with van der Waals surface area (Å²) in [5, 5.41) is 0. The number of amides is 1. The van der Waals surface area contributed by atoms with E-state index in [1.54, 1.807) is 0 Å². The molecular weight excluding hydrogens is 250 g/mol. The molecule has 1 saturated heterocycles. The number of carbonyl (C=O) groups excluding carboxylic acids is 1. The third-order valence-electron chi connectivity index (χ3n) is 5.14. The minimum atomic E-state index is 0.0461. The first-order valence-electron chi connectivity index (χ1n) is 7.76. The number of rotatable bonds is 2. The highest BCUT2D eigenvalue weighted by atomic mass is 16.5. The normalized spacial score (nSPS) is 35.7. The van der Waals surface area contributed by atoms with Gasteiger partial charge < -0.3 is 9.64 Å². The predicted octanol–water partition coefficient (Wildman–Crippen LogP) is 2.63. The highest BCUT2D eigenvalue weighted by Crippen LogP contribution is 2.54. The number of carbonyl (C=O) groups is 1. The second kappa shape index (κ2) is 4.88. The number of ether oxygens (including phenoxy) is 1. The molecule has 0 aromatic heterocycles. The number of hydrogen-bond acceptors (Lipinski definition) is 2. The first-order valence-corrected chi connectivity index (χ1v) is 7.76. The van der Waals surface area contributed by atoms with Crippen LogP contribution in [0.2, 0.25) is 0 Å². The Hall–Kier alpha value is -1.35. The van der Waals surface area contributed by atoms with Crippen molar-refractivity contribution in [2.24, 2.45) is 17.8 Å². The maximum atomic E-state index is 12.6. The number of hydrogen-bond donors (Lipinski definition) is 0. The second-order valence-electron chi connectivity index (χ2n) is 6.48. The van der Waals surface area contributed by atoms with E-state index in [0.717, 1.165) is 31.2 Å². The summed E-state index contributed by atoms with van der Waals surface area (Å²) in [6.45, 7) is 2.13. The third kappa shape index (κ3) is 2.24. The van der Waals surface area contributed by atoms with Gasteiger partial charge >= 0.3 is 0 Å². The van der Waals surface area contributed by atoms with Crippen LogP contribution in [0.5, 0.6) is 0 Å². The molecule has 0 radical (unpaired) electrons. The Bertz CT molecular complexity index is 491. The lowest BCUT2D eigenvalue weighted by molar-refractivity contribution is -0.143. The summed E-state index contributed by atoms with van der Waals surface area (Å²) in [5.41, 5.74) is 1.18. The summed E-state index contributed by atoms with van der Waals surface area (Å²) in [4.78, 5) is 14.7. The standard InChI is InChI=1S/C17H21NO2/c19-17(15-9-13-8-14(13)10-15)18-6-7-20-16(11-18)12-4-2-1-3-5-12/h1-5,13-16H,6-11H2. The van der Waals surface area contributed by atoms with Crippen molar-refractivity contribution in [2.75, 3.05) is 19.7 Å². The number of fused-ring (bicyclic) bond motifs is 1. The molecule has 20 heavy (non-hydrogen) atoms. The minimum absolute atomic E-state index is 0.0461. The zero-order valence-electron chi connectivity index (χ0n) is 11.7. The van der Waals surface area contributed by atoms with Gasteiger partial charge in [0.2, 0.25) is 5.91 Å². The van der Waals surface area contributed by atoms with Crippen LogP contribution in [0.15, 0.2) is 30.3 Å². The Morgan fingerprint density at radius 3 is 2.60 bits per heavy atom. The molecule has 1 aromatic carbocycles. The summed E-state index contributed by atoms with van der Waals surface area (Å²) in [7, 11) is 0. The zero-order chi connectivity index (χ0) is 13.5. The number of nitrogens with zero attached hydrogens (tertiary/aromatic N) is 1. The van der Waals surface area contributed by atoms with Crippen molar-refractivity contribution >= 4 is 5.91 Å². The third-order valence-corrected chi connectivity index (χ3v) is 5.14. The van der Waals surface area contributed by atoms with Gasteiger partial charge in [-0.3, -0.25) is 4.79 Å². The van der Waals surface area contributed by atoms with Crippen molar-refractivity contribution in [1.82, 2.24) is 4.90 Å². The van der Waals surface area contributed by atoms with Gasteiger partial charge in [-0.15, -0.1) is 0 Å². The molecule has 3 atom stereocenters. The van der Waals surface area contributed by atoms with E-state index in [1.165, 1.54) is 12.0 Å². The van der Waals surface area contributed by atoms with E-state index in [4.69, 9.17) is 4.74 Å². The van der Waals surface area contributed by atoms with Gasteiger partial charge in [0.05, 0.1) is 13.2 Å². The van der Waals surface area contributed by atoms with Crippen LogP contribution in [0.25, 0.3) is 0 Å². The number of morpholine rings is 1. The molecule has 3 unspecified atom stereocenters. The van der Waals surface area contributed by atoms with E-state index in [1.807, 2.05) is 23.1 Å². The molecule has 3 heteroatoms. The summed E-state index contributed by atoms with van der Waals surface area (Å²) >= 11 is 0. The predicted molar refractivity (Wildman–Crippen MR) is 76.0 cm³/mol. The summed E-state index contributed by atoms with van der Waals surface area (Å²) < 4.78 is 5.84. The molecule has 4 rings (SSSR count). The minimum Gasteiger partial charge on any atom is -0.370 e. The molecule has 2 aliphatic carbocycles. The first kappa shape index (κ1) is 12.4. The fourth-order valence-electron chi connectivity index (χ4n) is 3.89. The SMILES string of the molecule is O=C(C1CC2CC2C1)N1CCOC(c2ccccc2)C1. The highest BCUT2D eigenvalue weighted by Gasteiger charge is 2.49. The van der Waals surface area contributed by atoms with Crippen molar-refractivity contribution in [3.63, 3.8) is 0 Å². The quantitative estimate of drug-likeness (QED) is 0.827. The molecular formula is C17H21NO2. The molecule has 3 nitrogen and oxygen atoms in total. The Balaban J connectivity index is 1.42. The molecule has 106 valence electrons. The van der Waals surface area contributed by atoms with Crippen LogP contribution in [0.3, 0.4) is 0 Å². The largest absolute Gasteiger partial charge is 0.370 e. The topological polar surface area (TPSA) is 29.5 Å². The van der Waals surface area contributed by atoms with Crippen molar-refractivity contribution in [3.05, 3.63) is 35.9 Å². The van der Waals surface area contributed by atoms with E-state index >= 15 is 0 Å². The van der Waals surface area contributed by atoms with Crippen LogP contribution in [0, 0.1) is 17.8 Å². The summed E-state index contributed by atoms with van der Waals surface area (Å²) in [6, 6.07) is 10.3. The van der Waals surface area contributed by atoms with Gasteiger partial charge in [0.1, 0.15) is 6.10 Å². The lowest BCUT2D eigenvalue weighted by Gasteiger charge is -2.35. The lowest BCUT2D eigenvalue weighted by Crippen LogP contribution is -2.44. The van der Waals surface area contributed by atoms with E-state index < -0.39 is 0 Å². The Morgan fingerprint density at radius 1 is 1.10 bits per heavy atom. The van der Waals surface area contributed by atoms with Crippen LogP contribution < -0.4 is 0 Å². The Morgan fingerprint density at radius 2 is 1.85 bits per heavy atom. The molecule has 0 bridgehead atoms. The molecule has 2 saturated carbocycles. The molecule has 0 N–H and O–H groups in total. The Labute approximate surface area is 119 Å². The Kier molecular flexibility index (Phi) is 3.03. The summed E-state index contributed by atoms with van der Waals surface area (Å²) in [6.07, 6.45) is 3.69. The van der Waals surface area contributed by atoms with E-state index in [-0.39, 0.29) is 6.10 Å². The maximum absolute atomic E-state index is 12.6. The van der Waals surface area contributed by atoms with Crippen molar-refractivity contribution in [1.29, 1.82) is 0 Å². The molecule has 0 spiro atoms. The lowest BCUT2D eigenvalue weighted by atomic mass is 10.0. The van der Waals surface area contributed by atoms with E-state index in [0.29, 0.717) is 25.0 Å². The molecule has 1 amide bonds. The second-order valence-corrected chi connectivity index (χ2v) is 6.48. The van der Waals surface area contributed by atoms with E-state index in [2.05, 4.69) is 12.1 Å². The van der Waals surface area contributed by atoms with E-state index in [9.17, 15) is 4.79 Å². The highest BCUT2D eigenvalue weighted by molar-refractivity contribution is 5.79. The van der Waals surface area contributed by atoms with Crippen LogP contribution in [-0.4, -0.2) is 30.5 Å². The molecule has 3 aliphatic rings. The van der Waals surface area contributed by atoms with Gasteiger partial charge in [0, 0.05) is 12.5 Å². The number of benzene rings is 1. The first-order chi connectivity index (χ1) is 9.81. The maximum Gasteiger partial charge on any atom is 0.225 e. The van der Waals surface area contributed by atoms with Gasteiger partial charge in [-0.2, -0.15) is 0 Å². The molecule has 1 aromatic rings. The van der Waals surface area contributed by atoms with Gasteiger partial charge in [0.25, 0.3) is 0 Å². The van der Waals surface area contributed by atoms with Gasteiger partial charge in [-0.05, 0) is 36.7 Å². The zero-order valence-corrected chi connectivity index (χ0v) is 11.7. The fourth-order valence-corrected chi connectivity index (χ4v) is 3.89. The molecule has 3 fully saturated rings. The van der Waals surface area contributed by atoms with Gasteiger partial charge in [-0.1, -0.05) is 30.3 Å². The molecule has 1 aliphatic heterocycles. The van der Waals surface area contributed by atoms with Gasteiger partial charge in [0.15, 0.2) is 0 Å². The average molecular weight is 271 g/mol. The van der Waals surface area contributed by atoms with Crippen LogP contribution in [0.1, 0.15) is 30.9 Å². The summed E-state index contributed by atoms with van der Waals surface area (Å²) in [5.74, 6) is 2.42. The average Bonchev–Trinajstić information content (AvgIpc) is 3.13. The smallest absolute Gasteiger partial charge is 0.225 e. The van der Waals surface area contributed by atoms with Crippen LogP contribution in [0.4, 0.5) is 0 Å². The monoisotopic (exact) mass is 271 g/mol. The van der Waals surface area contributed by atoms with Gasteiger partial charge in [-0.25, -0.2) is 0 Å². The van der Waals surface area contributed by atoms with Crippen molar-refractivity contribution in [2.45, 2.75) is 25.4 Å². The van der Waals surface area contributed by atoms with Crippen molar-refractivity contribution < 1.29 is 9.53 Å². The van der Waals surface area contributed by atoms with Crippen molar-refractivity contribution in [3.8, 4) is 0 Å².